The minimum Gasteiger partial charge on any atom is -0.398 e. The molecule has 0 aliphatic rings. The molecule has 0 rings (SSSR count). The Balaban J connectivity index is -0.000000345. The van der Waals surface area contributed by atoms with Gasteiger partial charge < -0.3 is 109 Å². The maximum Gasteiger partial charge on any atom is 0.701 e. The summed E-state index contributed by atoms with van der Waals surface area (Å²) in [6.45, 7) is 7.28. The molecule has 0 saturated heterocycles. The zero-order valence-electron chi connectivity index (χ0n) is 38.7. The summed E-state index contributed by atoms with van der Waals surface area (Å²) in [6, 6.07) is 0. The Bertz CT molecular complexity index is 923. The van der Waals surface area contributed by atoms with Gasteiger partial charge in [0.25, 0.3) is 0 Å². The van der Waals surface area contributed by atoms with Gasteiger partial charge in [0.05, 0.1) is 0 Å². The third-order valence-electron chi connectivity index (χ3n) is 6.91. The highest BCUT2D eigenvalue weighted by molar-refractivity contribution is 6.80. The van der Waals surface area contributed by atoms with Gasteiger partial charge in [-0.3, -0.25) is 5.26 Å². The summed E-state index contributed by atoms with van der Waals surface area (Å²) in [5.41, 5.74) is 0. The molecule has 0 spiro atoms. The largest absolute Gasteiger partial charge is 0.701 e. The van der Waals surface area contributed by atoms with Gasteiger partial charge in [-0.25, -0.2) is 0 Å². The smallest absolute Gasteiger partial charge is 0.398 e. The summed E-state index contributed by atoms with van der Waals surface area (Å²) in [6.07, 6.45) is 0. The van der Waals surface area contributed by atoms with Crippen molar-refractivity contribution in [3.05, 3.63) is 0 Å². The molecule has 0 saturated carbocycles. The molecule has 0 aliphatic carbocycles. The Morgan fingerprint density at radius 2 is 0.627 bits per heavy atom. The molecule has 362 valence electrons. The molecule has 0 radical (unpaired) electrons. The molecule has 1 unspecified atom stereocenters. The van der Waals surface area contributed by atoms with E-state index in [9.17, 15) is 4.80 Å². The van der Waals surface area contributed by atoms with Crippen LogP contribution >= 0.6 is 0 Å². The minimum absolute atomic E-state index is 1.18. The number of rotatable bonds is 30. The van der Waals surface area contributed by atoms with Crippen LogP contribution in [-0.4, -0.2) is 226 Å². The lowest BCUT2D eigenvalue weighted by Crippen LogP contribution is -2.60. The Hall–Kier alpha value is 0.872. The van der Waals surface area contributed by atoms with Gasteiger partial charge >= 0.3 is 80.9 Å². The lowest BCUT2D eigenvalue weighted by molar-refractivity contribution is -0.220. The van der Waals surface area contributed by atoms with E-state index in [1.807, 2.05) is 13.1 Å². The molecular weight excluding hydrogens is 961 g/mol. The molecule has 59 heavy (non-hydrogen) atoms. The van der Waals surface area contributed by atoms with E-state index in [0.717, 1.165) is 0 Å². The van der Waals surface area contributed by atoms with Crippen LogP contribution in [0.3, 0.4) is 0 Å². The van der Waals surface area contributed by atoms with Crippen molar-refractivity contribution in [2.75, 3.05) is 135 Å². The first-order valence-electron chi connectivity index (χ1n) is 16.4. The van der Waals surface area contributed by atoms with Crippen molar-refractivity contribution in [2.45, 2.75) is 26.2 Å². The zero-order chi connectivity index (χ0) is 47.3. The maximum atomic E-state index is 9.51. The molecule has 1 atom stereocenters. The summed E-state index contributed by atoms with van der Waals surface area (Å²) in [5, 5.41) is 8.52. The van der Waals surface area contributed by atoms with Gasteiger partial charge in [-0.1, -0.05) is 0 Å². The van der Waals surface area contributed by atoms with Crippen molar-refractivity contribution >= 4 is 80.9 Å². The molecule has 0 aromatic rings. The number of hydrogen-bond donors (Lipinski definition) is 2. The molecule has 0 fully saturated rings. The van der Waals surface area contributed by atoms with Crippen LogP contribution in [0, 0.1) is 0 Å². The van der Waals surface area contributed by atoms with Crippen LogP contribution in [0.1, 0.15) is 0 Å². The Kier molecular flexibility index (Phi) is 37.6. The average molecular weight is 1030 g/mol. The second-order valence-electron chi connectivity index (χ2n) is 10.5. The van der Waals surface area contributed by atoms with Crippen LogP contribution in [0.2, 0.25) is 26.2 Å². The first kappa shape index (κ1) is 66.5. The minimum atomic E-state index is -3.87. The standard InChI is InChI=1S/C8H24O7Si3.C6H18O6Si2.C5H16O6Si2.C4H14O8Si2/c1-9-16(6,7)14-17(8,10-2)15-18(11-3,12-4)13-5;1-7-13(6,8-2)12-14(9-3,10-4)11-5;1-6-12(7-2)11-13(8-3,9-4)10-5;1-7-13(6,8-2)12-14(9-3,10-4)11-5/h1-8H3;1-6H3;12H,1-5H3;5-6H,1-4H3. The second-order valence-corrected chi connectivity index (χ2v) is 34.6. The fourth-order valence-corrected chi connectivity index (χ4v) is 22.6. The predicted molar refractivity (Wildman–Crippen MR) is 221 cm³/mol. The molecule has 27 nitrogen and oxygen atoms in total. The van der Waals surface area contributed by atoms with E-state index in [4.69, 9.17) is 92.2 Å². The van der Waals surface area contributed by atoms with Gasteiger partial charge in [0.15, 0.2) is 0 Å². The average Bonchev–Trinajstić information content (AvgIpc) is 3.28. The van der Waals surface area contributed by atoms with Gasteiger partial charge in [0.1, 0.15) is 0 Å². The van der Waals surface area contributed by atoms with Crippen LogP contribution in [0.15, 0.2) is 0 Å². The topological polar surface area (TPSA) is 271 Å². The SMILES string of the molecule is CO[SiH](OC)O[Si](OC)(OC)OC.CO[Si](C)(C)O[Si](C)(OC)O[Si](OC)(OC)OC.CO[Si](C)(OC)O[Si](OC)(OC)OC.CO[Si](O)(OC)O[Si](OC)(OC)OO. The maximum absolute atomic E-state index is 9.51. The number of hydrogen-bond acceptors (Lipinski definition) is 27. The van der Waals surface area contributed by atoms with Crippen molar-refractivity contribution in [2.24, 2.45) is 0 Å². The van der Waals surface area contributed by atoms with Crippen LogP contribution in [0.25, 0.3) is 0 Å². The van der Waals surface area contributed by atoms with E-state index >= 15 is 0 Å². The lowest BCUT2D eigenvalue weighted by Gasteiger charge is -2.36. The van der Waals surface area contributed by atoms with Crippen LogP contribution in [0.4, 0.5) is 0 Å². The third kappa shape index (κ3) is 24.7. The summed E-state index contributed by atoms with van der Waals surface area (Å²) < 4.78 is 127. The molecule has 36 heteroatoms. The molecule has 0 aromatic heterocycles. The first-order valence-corrected chi connectivity index (χ1v) is 33.3. The quantitative estimate of drug-likeness (QED) is 0.0523. The van der Waals surface area contributed by atoms with Gasteiger partial charge in [0, 0.05) is 148 Å². The molecule has 2 N–H and O–H groups in total. The first-order chi connectivity index (χ1) is 27.4. The van der Waals surface area contributed by atoms with E-state index in [1.165, 1.54) is 128 Å². The van der Waals surface area contributed by atoms with Gasteiger partial charge in [-0.2, -0.15) is 4.58 Å². The van der Waals surface area contributed by atoms with Crippen molar-refractivity contribution in [3.8, 4) is 0 Å². The lowest BCUT2D eigenvalue weighted by atomic mass is 11.8. The zero-order valence-corrected chi connectivity index (χ0v) is 47.8. The summed E-state index contributed by atoms with van der Waals surface area (Å²) >= 11 is 0. The van der Waals surface area contributed by atoms with Gasteiger partial charge in [-0.15, -0.1) is 0 Å². The van der Waals surface area contributed by atoms with E-state index in [1.54, 1.807) is 20.2 Å². The highest BCUT2D eigenvalue weighted by Crippen LogP contribution is 2.23. The van der Waals surface area contributed by atoms with E-state index in [-0.39, 0.29) is 0 Å². The fourth-order valence-electron chi connectivity index (χ4n) is 3.25. The van der Waals surface area contributed by atoms with Crippen LogP contribution < -0.4 is 0 Å². The highest BCUT2D eigenvalue weighted by atomic mass is 28.5. The van der Waals surface area contributed by atoms with E-state index in [2.05, 4.69) is 22.3 Å². The van der Waals surface area contributed by atoms with Gasteiger partial charge in [0.2, 0.25) is 0 Å². The van der Waals surface area contributed by atoms with Crippen LogP contribution in [-0.2, 0) is 109 Å². The van der Waals surface area contributed by atoms with Gasteiger partial charge in [-0.05, 0) is 13.1 Å². The fraction of sp³-hybridized carbons (Fsp3) is 1.00. The summed E-state index contributed by atoms with van der Waals surface area (Å²) in [5.74, 6) is 0. The monoisotopic (exact) mass is 1030 g/mol. The van der Waals surface area contributed by atoms with E-state index in [0.29, 0.717) is 0 Å². The normalized spacial score (nSPS) is 14.1. The molecule has 0 aromatic carbocycles. The summed E-state index contributed by atoms with van der Waals surface area (Å²) in [7, 11) is -0.108. The van der Waals surface area contributed by atoms with E-state index < -0.39 is 80.9 Å². The summed E-state index contributed by atoms with van der Waals surface area (Å²) in [4.78, 5) is 9.51. The Morgan fingerprint density at radius 1 is 0.322 bits per heavy atom. The Morgan fingerprint density at radius 3 is 0.847 bits per heavy atom. The van der Waals surface area contributed by atoms with Crippen molar-refractivity contribution in [1.82, 2.24) is 0 Å². The van der Waals surface area contributed by atoms with Crippen LogP contribution in [0.5, 0.6) is 0 Å². The molecule has 0 bridgehead atoms. The highest BCUT2D eigenvalue weighted by Gasteiger charge is 2.57. The third-order valence-corrected chi connectivity index (χ3v) is 30.0. The van der Waals surface area contributed by atoms with Crippen molar-refractivity contribution < 1.29 is 119 Å². The molecule has 0 heterocycles. The molecule has 0 amide bonds. The molecule has 0 aliphatic heterocycles. The van der Waals surface area contributed by atoms with Crippen molar-refractivity contribution in [1.29, 1.82) is 0 Å². The molecular formula is C23H72O27Si9. The van der Waals surface area contributed by atoms with Crippen molar-refractivity contribution in [3.63, 3.8) is 0 Å². The predicted octanol–water partition coefficient (Wildman–Crippen LogP) is -0.473. The Labute approximate surface area is 360 Å². The second kappa shape index (κ2) is 33.4.